The summed E-state index contributed by atoms with van der Waals surface area (Å²) in [6, 6.07) is 6.01. The minimum atomic E-state index is -1.70. The lowest BCUT2D eigenvalue weighted by Crippen LogP contribution is -2.61. The number of hydrogen-bond donors (Lipinski definition) is 8. The maximum absolute atomic E-state index is 13.2. The minimum Gasteiger partial charge on any atom is -0.508 e. The maximum Gasteiger partial charge on any atom is 0.186 e. The molecule has 3 aliphatic heterocycles. The predicted molar refractivity (Wildman–Crippen MR) is 135 cm³/mol. The normalized spacial score (nSPS) is 45.0. The van der Waals surface area contributed by atoms with Gasteiger partial charge in [-0.2, -0.15) is 0 Å². The second-order valence-corrected chi connectivity index (χ2v) is 11.0. The monoisotopic (exact) mass is 584 g/mol. The molecule has 41 heavy (non-hydrogen) atoms. The van der Waals surface area contributed by atoms with Crippen LogP contribution in [0.15, 0.2) is 30.5 Å². The molecule has 4 unspecified atom stereocenters. The Bertz CT molecular complexity index is 1100. The van der Waals surface area contributed by atoms with Crippen LogP contribution < -0.4 is 0 Å². The van der Waals surface area contributed by atoms with Gasteiger partial charge in [-0.15, -0.1) is 0 Å². The van der Waals surface area contributed by atoms with Crippen LogP contribution in [0.4, 0.5) is 0 Å². The summed E-state index contributed by atoms with van der Waals surface area (Å²) in [6.45, 7) is 1.03. The van der Waals surface area contributed by atoms with Crippen LogP contribution in [0, 0.1) is 5.92 Å². The largest absolute Gasteiger partial charge is 0.508 e. The molecular weight excluding hydrogens is 548 g/mol. The van der Waals surface area contributed by atoms with E-state index < -0.39 is 92.2 Å². The van der Waals surface area contributed by atoms with Gasteiger partial charge < -0.3 is 64.5 Å². The Morgan fingerprint density at radius 1 is 0.829 bits per heavy atom. The van der Waals surface area contributed by atoms with E-state index in [1.54, 1.807) is 12.1 Å². The van der Waals surface area contributed by atoms with Crippen LogP contribution in [0.1, 0.15) is 25.3 Å². The average molecular weight is 585 g/mol. The second-order valence-electron chi connectivity index (χ2n) is 11.0. The lowest BCUT2D eigenvalue weighted by atomic mass is 9.76. The van der Waals surface area contributed by atoms with Gasteiger partial charge in [0.15, 0.2) is 18.4 Å². The van der Waals surface area contributed by atoms with Crippen LogP contribution in [0.3, 0.4) is 0 Å². The molecule has 8 N–H and O–H groups in total. The molecule has 1 aromatic rings. The van der Waals surface area contributed by atoms with Crippen molar-refractivity contribution in [2.24, 2.45) is 5.92 Å². The lowest BCUT2D eigenvalue weighted by molar-refractivity contribution is -0.336. The molecule has 1 aliphatic carbocycles. The first-order valence-electron chi connectivity index (χ1n) is 13.5. The third-order valence-corrected chi connectivity index (χ3v) is 8.15. The highest BCUT2D eigenvalue weighted by Crippen LogP contribution is 2.39. The summed E-state index contributed by atoms with van der Waals surface area (Å²) in [5.74, 6) is -1.14. The molecular formula is C27H36O14. The fourth-order valence-corrected chi connectivity index (χ4v) is 5.70. The number of allylic oxidation sites excluding steroid dienone is 1. The van der Waals surface area contributed by atoms with Crippen LogP contribution >= 0.6 is 0 Å². The van der Waals surface area contributed by atoms with Gasteiger partial charge in [0.25, 0.3) is 0 Å². The number of aliphatic hydroxyl groups excluding tert-OH is 7. The van der Waals surface area contributed by atoms with E-state index in [1.807, 2.05) is 0 Å². The number of Topliss-reactive ketones (excluding diaryl/α,β-unsaturated/α-hetero) is 1. The zero-order chi connectivity index (χ0) is 29.6. The van der Waals surface area contributed by atoms with Gasteiger partial charge >= 0.3 is 0 Å². The van der Waals surface area contributed by atoms with Crippen LogP contribution in [-0.4, -0.2) is 133 Å². The fourth-order valence-electron chi connectivity index (χ4n) is 5.70. The van der Waals surface area contributed by atoms with Gasteiger partial charge in [0.05, 0.1) is 42.7 Å². The summed E-state index contributed by atoms with van der Waals surface area (Å²) in [7, 11) is 0. The molecule has 1 saturated carbocycles. The molecule has 14 heteroatoms. The average Bonchev–Trinajstić information content (AvgIpc) is 2.94. The number of carbonyl (C=O) groups is 1. The molecule has 3 heterocycles. The van der Waals surface area contributed by atoms with Crippen molar-refractivity contribution in [3.63, 3.8) is 0 Å². The van der Waals surface area contributed by atoms with Crippen LogP contribution in [0.2, 0.25) is 0 Å². The van der Waals surface area contributed by atoms with Crippen molar-refractivity contribution in [1.82, 2.24) is 0 Å². The number of aliphatic hydroxyl groups is 7. The first kappa shape index (κ1) is 30.3. The molecule has 14 atom stereocenters. The van der Waals surface area contributed by atoms with Crippen LogP contribution in [0.5, 0.6) is 5.75 Å². The van der Waals surface area contributed by atoms with Gasteiger partial charge in [0, 0.05) is 12.8 Å². The Hall–Kier alpha value is -2.21. The highest BCUT2D eigenvalue weighted by atomic mass is 16.7. The number of phenolic OH excluding ortho intramolecular Hbond substituents is 1. The Morgan fingerprint density at radius 2 is 1.49 bits per heavy atom. The topological polar surface area (TPSA) is 225 Å². The van der Waals surface area contributed by atoms with Crippen LogP contribution in [0.25, 0.3) is 5.57 Å². The Kier molecular flexibility index (Phi) is 8.99. The van der Waals surface area contributed by atoms with E-state index in [2.05, 4.69) is 0 Å². The third-order valence-electron chi connectivity index (χ3n) is 8.15. The first-order chi connectivity index (χ1) is 19.5. The summed E-state index contributed by atoms with van der Waals surface area (Å²) in [5.41, 5.74) is 0.793. The van der Waals surface area contributed by atoms with Crippen molar-refractivity contribution in [2.45, 2.75) is 99.5 Å². The van der Waals surface area contributed by atoms with Gasteiger partial charge in [-0.3, -0.25) is 4.79 Å². The van der Waals surface area contributed by atoms with E-state index >= 15 is 0 Å². The molecule has 2 saturated heterocycles. The lowest BCUT2D eigenvalue weighted by Gasteiger charge is -2.45. The van der Waals surface area contributed by atoms with E-state index in [-0.39, 0.29) is 29.9 Å². The first-order valence-corrected chi connectivity index (χ1v) is 13.5. The standard InChI is InChI=1S/C27H36O14/c1-10-19(30)22(33)24(35)26(39-10)38-9-17-21(32)23(34)25(36)27(41-17)40-13-6-15(29)18-16(7-13)37-8-14(20(18)31)11-2-4-12(28)5-3-11/h2-5,8,10,13,15-19,21-30,32-36H,6-7,9H2,1H3/t10-,13?,15?,16?,17+,18?,19-,21+,22+,23-,24+,25+,26+,27+/m0/s1. The molecule has 14 nitrogen and oxygen atoms in total. The molecule has 5 rings (SSSR count). The number of fused-ring (bicyclic) bond motifs is 1. The number of aromatic hydroxyl groups is 1. The van der Waals surface area contributed by atoms with Crippen molar-refractivity contribution in [3.05, 3.63) is 36.1 Å². The molecule has 4 aliphatic rings. The second kappa shape index (κ2) is 12.2. The molecule has 0 bridgehead atoms. The van der Waals surface area contributed by atoms with Crippen molar-refractivity contribution in [2.75, 3.05) is 6.61 Å². The van der Waals surface area contributed by atoms with Crippen LogP contribution in [-0.2, 0) is 28.5 Å². The zero-order valence-electron chi connectivity index (χ0n) is 22.1. The van der Waals surface area contributed by atoms with Gasteiger partial charge in [-0.1, -0.05) is 12.1 Å². The van der Waals surface area contributed by atoms with Crippen molar-refractivity contribution in [3.8, 4) is 5.75 Å². The van der Waals surface area contributed by atoms with Crippen molar-refractivity contribution >= 4 is 11.4 Å². The third kappa shape index (κ3) is 6.00. The van der Waals surface area contributed by atoms with Crippen molar-refractivity contribution < 1.29 is 69.3 Å². The number of ether oxygens (including phenoxy) is 5. The molecule has 0 radical (unpaired) electrons. The quantitative estimate of drug-likeness (QED) is 0.173. The number of hydrogen-bond acceptors (Lipinski definition) is 14. The SMILES string of the molecule is C[C@@H]1O[C@@H](OC[C@H]2O[C@@H](OC3CC(O)C4C(=O)C(c5ccc(O)cc5)=COC4C3)[C@H](O)[C@@H](O)[C@@H]2O)[C@H](O)[C@H](O)[C@H]1O. The molecule has 228 valence electrons. The summed E-state index contributed by atoms with van der Waals surface area (Å²) in [5, 5.41) is 81.8. The van der Waals surface area contributed by atoms with E-state index in [0.29, 0.717) is 5.56 Å². The smallest absolute Gasteiger partial charge is 0.186 e. The number of rotatable bonds is 6. The fraction of sp³-hybridized carbons (Fsp3) is 0.667. The van der Waals surface area contributed by atoms with E-state index in [0.717, 1.165) is 0 Å². The molecule has 0 amide bonds. The Morgan fingerprint density at radius 3 is 2.20 bits per heavy atom. The summed E-state index contributed by atoms with van der Waals surface area (Å²) < 4.78 is 28.2. The van der Waals surface area contributed by atoms with Crippen molar-refractivity contribution in [1.29, 1.82) is 0 Å². The molecule has 0 spiro atoms. The van der Waals surface area contributed by atoms with Gasteiger partial charge in [0.2, 0.25) is 0 Å². The minimum absolute atomic E-state index is 0.00820. The maximum atomic E-state index is 13.2. The summed E-state index contributed by atoms with van der Waals surface area (Å²) in [6.07, 6.45) is -15.6. The zero-order valence-corrected chi connectivity index (χ0v) is 22.1. The van der Waals surface area contributed by atoms with E-state index in [4.69, 9.17) is 23.7 Å². The number of ketones is 1. The van der Waals surface area contributed by atoms with E-state index in [9.17, 15) is 45.6 Å². The van der Waals surface area contributed by atoms with E-state index in [1.165, 1.54) is 25.3 Å². The highest BCUT2D eigenvalue weighted by molar-refractivity contribution is 6.22. The molecule has 1 aromatic carbocycles. The molecule has 0 aromatic heterocycles. The van der Waals surface area contributed by atoms with Gasteiger partial charge in [-0.05, 0) is 24.6 Å². The summed E-state index contributed by atoms with van der Waals surface area (Å²) in [4.78, 5) is 13.2. The number of carbonyl (C=O) groups excluding carboxylic acids is 1. The summed E-state index contributed by atoms with van der Waals surface area (Å²) >= 11 is 0. The number of benzene rings is 1. The van der Waals surface area contributed by atoms with Gasteiger partial charge in [0.1, 0.15) is 54.6 Å². The van der Waals surface area contributed by atoms with Gasteiger partial charge in [-0.25, -0.2) is 0 Å². The Balaban J connectivity index is 1.21. The highest BCUT2D eigenvalue weighted by Gasteiger charge is 2.50. The molecule has 3 fully saturated rings. The number of phenols is 1. The Labute approximate surface area is 234 Å². The predicted octanol–water partition coefficient (Wildman–Crippen LogP) is -2.49.